The highest BCUT2D eigenvalue weighted by molar-refractivity contribution is 7.09. The molecule has 110 valence electrons. The molecule has 0 amide bonds. The van der Waals surface area contributed by atoms with Crippen LogP contribution in [0.15, 0.2) is 18.0 Å². The molecule has 6 nitrogen and oxygen atoms in total. The maximum absolute atomic E-state index is 4.69. The van der Waals surface area contributed by atoms with Gasteiger partial charge in [-0.05, 0) is 0 Å². The molecule has 0 spiro atoms. The zero-order chi connectivity index (χ0) is 14.9. The maximum Gasteiger partial charge on any atom is 0.182 e. The van der Waals surface area contributed by atoms with E-state index in [1.54, 1.807) is 17.7 Å². The molecule has 3 rings (SSSR count). The molecular formula is C14H18N6S. The topological polar surface area (TPSA) is 79.4 Å². The molecule has 0 radical (unpaired) electrons. The van der Waals surface area contributed by atoms with Crippen molar-refractivity contribution in [3.8, 4) is 0 Å². The van der Waals surface area contributed by atoms with Gasteiger partial charge in [-0.25, -0.2) is 19.9 Å². The number of hydrogen-bond donors (Lipinski definition) is 2. The summed E-state index contributed by atoms with van der Waals surface area (Å²) in [6.07, 6.45) is 4.01. The van der Waals surface area contributed by atoms with Gasteiger partial charge in [-0.15, -0.1) is 11.3 Å². The molecule has 3 aromatic rings. The summed E-state index contributed by atoms with van der Waals surface area (Å²) in [7, 11) is 0. The van der Waals surface area contributed by atoms with E-state index in [2.05, 4.69) is 51.4 Å². The third kappa shape index (κ3) is 3.02. The fraction of sp³-hybridized carbons (Fsp3) is 0.429. The number of H-pyrrole nitrogens is 1. The number of anilines is 1. The lowest BCUT2D eigenvalue weighted by atomic mass is 9.98. The van der Waals surface area contributed by atoms with E-state index in [-0.39, 0.29) is 5.41 Å². The van der Waals surface area contributed by atoms with Crippen molar-refractivity contribution in [1.82, 2.24) is 24.9 Å². The Bertz CT molecular complexity index is 739. The number of thiazole rings is 1. The summed E-state index contributed by atoms with van der Waals surface area (Å²) in [5, 5.41) is 6.62. The molecule has 3 aromatic heterocycles. The van der Waals surface area contributed by atoms with Crippen LogP contribution in [0.2, 0.25) is 0 Å². The molecule has 0 atom stereocenters. The van der Waals surface area contributed by atoms with Crippen LogP contribution >= 0.6 is 11.3 Å². The van der Waals surface area contributed by atoms with Gasteiger partial charge in [0.2, 0.25) is 0 Å². The first-order valence-electron chi connectivity index (χ1n) is 6.87. The van der Waals surface area contributed by atoms with Crippen molar-refractivity contribution in [3.63, 3.8) is 0 Å². The van der Waals surface area contributed by atoms with Gasteiger partial charge in [-0.2, -0.15) is 0 Å². The van der Waals surface area contributed by atoms with Crippen molar-refractivity contribution >= 4 is 28.3 Å². The Morgan fingerprint density at radius 3 is 2.86 bits per heavy atom. The quantitative estimate of drug-likeness (QED) is 0.774. The van der Waals surface area contributed by atoms with Crippen molar-refractivity contribution in [2.45, 2.75) is 32.6 Å². The average Bonchev–Trinajstić information content (AvgIpc) is 3.06. The fourth-order valence-corrected chi connectivity index (χ4v) is 2.92. The second-order valence-electron chi connectivity index (χ2n) is 5.89. The van der Waals surface area contributed by atoms with Gasteiger partial charge in [0, 0.05) is 23.8 Å². The summed E-state index contributed by atoms with van der Waals surface area (Å²) in [5.41, 5.74) is 2.75. The van der Waals surface area contributed by atoms with Crippen molar-refractivity contribution in [2.24, 2.45) is 0 Å². The minimum Gasteiger partial charge on any atom is -0.368 e. The number of rotatable bonds is 4. The number of nitrogens with zero attached hydrogens (tertiary/aromatic N) is 4. The predicted molar refractivity (Wildman–Crippen MR) is 84.7 cm³/mol. The van der Waals surface area contributed by atoms with Gasteiger partial charge in [0.1, 0.15) is 11.8 Å². The van der Waals surface area contributed by atoms with E-state index in [0.29, 0.717) is 5.65 Å². The van der Waals surface area contributed by atoms with E-state index < -0.39 is 0 Å². The molecule has 0 aromatic carbocycles. The molecule has 0 aliphatic heterocycles. The molecule has 0 bridgehead atoms. The average molecular weight is 302 g/mol. The highest BCUT2D eigenvalue weighted by Crippen LogP contribution is 2.25. The van der Waals surface area contributed by atoms with Crippen LogP contribution in [0, 0.1) is 0 Å². The molecule has 21 heavy (non-hydrogen) atoms. The van der Waals surface area contributed by atoms with E-state index >= 15 is 0 Å². The largest absolute Gasteiger partial charge is 0.368 e. The fourth-order valence-electron chi connectivity index (χ4n) is 1.97. The Labute approximate surface area is 127 Å². The Morgan fingerprint density at radius 1 is 1.24 bits per heavy atom. The second-order valence-corrected chi connectivity index (χ2v) is 6.75. The van der Waals surface area contributed by atoms with Crippen LogP contribution in [-0.4, -0.2) is 31.5 Å². The van der Waals surface area contributed by atoms with Crippen LogP contribution < -0.4 is 5.32 Å². The Balaban J connectivity index is 1.64. The number of nitrogens with one attached hydrogen (secondary N) is 2. The van der Waals surface area contributed by atoms with Crippen LogP contribution in [0.4, 0.5) is 5.82 Å². The Hall–Kier alpha value is -2.02. The Morgan fingerprint density at radius 2 is 2.10 bits per heavy atom. The molecule has 0 saturated heterocycles. The standard InChI is InChI=1S/C14H18N6S/c1-14(2,3)13-20-9(6-21-13)4-5-15-11-10-12(17-7-16-10)19-8-18-11/h6-8H,4-5H2,1-3H3,(H2,15,16,17,18,19). The van der Waals surface area contributed by atoms with E-state index in [9.17, 15) is 0 Å². The van der Waals surface area contributed by atoms with Crippen molar-refractivity contribution in [3.05, 3.63) is 28.7 Å². The lowest BCUT2D eigenvalue weighted by Gasteiger charge is -2.13. The molecule has 0 fully saturated rings. The van der Waals surface area contributed by atoms with E-state index in [1.807, 2.05) is 0 Å². The highest BCUT2D eigenvalue weighted by atomic mass is 32.1. The van der Waals surface area contributed by atoms with Crippen LogP contribution in [0.5, 0.6) is 0 Å². The molecular weight excluding hydrogens is 284 g/mol. The number of hydrogen-bond acceptors (Lipinski definition) is 6. The zero-order valence-electron chi connectivity index (χ0n) is 12.3. The summed E-state index contributed by atoms with van der Waals surface area (Å²) in [4.78, 5) is 20.2. The Kier molecular flexibility index (Phi) is 3.59. The monoisotopic (exact) mass is 302 g/mol. The highest BCUT2D eigenvalue weighted by Gasteiger charge is 2.17. The number of fused-ring (bicyclic) bond motifs is 1. The van der Waals surface area contributed by atoms with Crippen molar-refractivity contribution < 1.29 is 0 Å². The van der Waals surface area contributed by atoms with Gasteiger partial charge >= 0.3 is 0 Å². The first-order valence-corrected chi connectivity index (χ1v) is 7.75. The van der Waals surface area contributed by atoms with Crippen molar-refractivity contribution in [2.75, 3.05) is 11.9 Å². The third-order valence-electron chi connectivity index (χ3n) is 3.09. The van der Waals surface area contributed by atoms with Crippen LogP contribution in [-0.2, 0) is 11.8 Å². The minimum atomic E-state index is 0.116. The van der Waals surface area contributed by atoms with Crippen LogP contribution in [0.3, 0.4) is 0 Å². The van der Waals surface area contributed by atoms with Crippen LogP contribution in [0.25, 0.3) is 11.2 Å². The first-order chi connectivity index (χ1) is 10.0. The van der Waals surface area contributed by atoms with Gasteiger partial charge in [0.15, 0.2) is 11.5 Å². The summed E-state index contributed by atoms with van der Waals surface area (Å²) >= 11 is 1.73. The van der Waals surface area contributed by atoms with Gasteiger partial charge in [0.25, 0.3) is 0 Å². The van der Waals surface area contributed by atoms with E-state index in [0.717, 1.165) is 30.0 Å². The molecule has 0 saturated carbocycles. The first kappa shape index (κ1) is 13.9. The smallest absolute Gasteiger partial charge is 0.182 e. The molecule has 2 N–H and O–H groups in total. The van der Waals surface area contributed by atoms with Crippen molar-refractivity contribution in [1.29, 1.82) is 0 Å². The molecule has 0 aliphatic rings. The second kappa shape index (κ2) is 5.40. The number of aromatic nitrogens is 5. The van der Waals surface area contributed by atoms with Gasteiger partial charge in [-0.1, -0.05) is 20.8 Å². The maximum atomic E-state index is 4.69. The summed E-state index contributed by atoms with van der Waals surface area (Å²) < 4.78 is 0. The van der Waals surface area contributed by atoms with Gasteiger partial charge < -0.3 is 10.3 Å². The van der Waals surface area contributed by atoms with E-state index in [1.165, 1.54) is 11.3 Å². The lowest BCUT2D eigenvalue weighted by molar-refractivity contribution is 0.583. The third-order valence-corrected chi connectivity index (χ3v) is 4.41. The zero-order valence-corrected chi connectivity index (χ0v) is 13.2. The van der Waals surface area contributed by atoms with Gasteiger partial charge in [-0.3, -0.25) is 0 Å². The van der Waals surface area contributed by atoms with E-state index in [4.69, 9.17) is 4.98 Å². The normalized spacial score (nSPS) is 12.0. The summed E-state index contributed by atoms with van der Waals surface area (Å²) in [6, 6.07) is 0. The summed E-state index contributed by atoms with van der Waals surface area (Å²) in [6.45, 7) is 7.33. The number of imidazole rings is 1. The SMILES string of the molecule is CC(C)(C)c1nc(CCNc2ncnc3nc[nH]c23)cs1. The minimum absolute atomic E-state index is 0.116. The molecule has 0 unspecified atom stereocenters. The lowest BCUT2D eigenvalue weighted by Crippen LogP contribution is -2.11. The number of aromatic amines is 1. The van der Waals surface area contributed by atoms with Gasteiger partial charge in [0.05, 0.1) is 17.0 Å². The summed E-state index contributed by atoms with van der Waals surface area (Å²) in [5.74, 6) is 0.781. The molecule has 0 aliphatic carbocycles. The predicted octanol–water partition coefficient (Wildman–Crippen LogP) is 2.76. The van der Waals surface area contributed by atoms with Crippen LogP contribution in [0.1, 0.15) is 31.5 Å². The molecule has 7 heteroatoms. The molecule has 3 heterocycles.